The predicted molar refractivity (Wildman–Crippen MR) is 72.4 cm³/mol. The zero-order valence-electron chi connectivity index (χ0n) is 12.4. The van der Waals surface area contributed by atoms with E-state index in [4.69, 9.17) is 5.11 Å². The molecule has 24 heavy (non-hydrogen) atoms. The lowest BCUT2D eigenvalue weighted by atomic mass is 9.87. The van der Waals surface area contributed by atoms with Crippen LogP contribution in [0.2, 0.25) is 0 Å². The van der Waals surface area contributed by atoms with Crippen molar-refractivity contribution in [2.24, 2.45) is 5.92 Å². The second-order valence-corrected chi connectivity index (χ2v) is 5.75. The Kier molecular flexibility index (Phi) is 5.12. The van der Waals surface area contributed by atoms with Crippen molar-refractivity contribution in [2.45, 2.75) is 37.8 Å². The molecule has 1 heterocycles. The Morgan fingerprint density at radius 1 is 1.17 bits per heavy atom. The minimum Gasteiger partial charge on any atom is -0.478 e. The van der Waals surface area contributed by atoms with Gasteiger partial charge >= 0.3 is 18.3 Å². The minimum absolute atomic E-state index is 0.00459. The fourth-order valence-electron chi connectivity index (χ4n) is 3.06. The molecule has 2 atom stereocenters. The summed E-state index contributed by atoms with van der Waals surface area (Å²) in [6, 6.07) is 2.57. The van der Waals surface area contributed by atoms with Crippen LogP contribution in [0.3, 0.4) is 0 Å². The maximum Gasteiger partial charge on any atom is 0.404 e. The van der Waals surface area contributed by atoms with Gasteiger partial charge in [0.05, 0.1) is 11.5 Å². The Balaban J connectivity index is 2.30. The molecule has 9 heteroatoms. The summed E-state index contributed by atoms with van der Waals surface area (Å²) in [4.78, 5) is 11.6. The molecule has 0 saturated carbocycles. The van der Waals surface area contributed by atoms with E-state index in [1.165, 1.54) is 24.3 Å². The van der Waals surface area contributed by atoms with Crippen LogP contribution in [0.25, 0.3) is 0 Å². The van der Waals surface area contributed by atoms with Crippen LogP contribution in [0.15, 0.2) is 24.3 Å². The molecular weight excluding hydrogens is 340 g/mol. The maximum absolute atomic E-state index is 13.2. The summed E-state index contributed by atoms with van der Waals surface area (Å²) in [6.07, 6.45) is -10.5. The quantitative estimate of drug-likeness (QED) is 0.831. The van der Waals surface area contributed by atoms with Gasteiger partial charge in [0.1, 0.15) is 6.04 Å². The molecule has 1 aromatic carbocycles. The van der Waals surface area contributed by atoms with Crippen molar-refractivity contribution in [2.75, 3.05) is 6.54 Å². The summed E-state index contributed by atoms with van der Waals surface area (Å²) >= 11 is 0. The standard InChI is InChI=1S/C15H15F6NO2/c16-14(17,18)11-5-2-6-22(12(11)15(19,20)21)8-9-3-1-4-10(7-9)13(23)24/h1,3-4,7,11-12H,2,5-6,8H2,(H,23,24)/t11-,12+/m0/s1. The summed E-state index contributed by atoms with van der Waals surface area (Å²) in [5.74, 6) is -3.73. The fourth-order valence-corrected chi connectivity index (χ4v) is 3.06. The highest BCUT2D eigenvalue weighted by atomic mass is 19.4. The number of hydrogen-bond donors (Lipinski definition) is 1. The highest BCUT2D eigenvalue weighted by molar-refractivity contribution is 5.87. The van der Waals surface area contributed by atoms with Gasteiger partial charge in [-0.15, -0.1) is 0 Å². The Bertz CT molecular complexity index is 598. The second kappa shape index (κ2) is 6.62. The first-order valence-corrected chi connectivity index (χ1v) is 7.20. The Morgan fingerprint density at radius 2 is 1.83 bits per heavy atom. The molecular formula is C15H15F6NO2. The topological polar surface area (TPSA) is 40.5 Å². The molecule has 0 bridgehead atoms. The molecule has 1 fully saturated rings. The molecule has 3 nitrogen and oxygen atoms in total. The predicted octanol–water partition coefficient (Wildman–Crippen LogP) is 4.09. The van der Waals surface area contributed by atoms with E-state index in [9.17, 15) is 31.1 Å². The van der Waals surface area contributed by atoms with E-state index in [2.05, 4.69) is 0 Å². The first-order valence-electron chi connectivity index (χ1n) is 7.20. The van der Waals surface area contributed by atoms with Crippen molar-refractivity contribution >= 4 is 5.97 Å². The molecule has 1 aliphatic rings. The minimum atomic E-state index is -5.02. The number of benzene rings is 1. The molecule has 0 aliphatic carbocycles. The van der Waals surface area contributed by atoms with Gasteiger partial charge in [0.25, 0.3) is 0 Å². The van der Waals surface area contributed by atoms with E-state index < -0.39 is 43.2 Å². The number of alkyl halides is 6. The van der Waals surface area contributed by atoms with Crippen LogP contribution in [0, 0.1) is 5.92 Å². The number of nitrogens with zero attached hydrogens (tertiary/aromatic N) is 1. The first kappa shape index (κ1) is 18.6. The van der Waals surface area contributed by atoms with E-state index in [0.29, 0.717) is 0 Å². The molecule has 134 valence electrons. The molecule has 1 aliphatic heterocycles. The SMILES string of the molecule is O=C(O)c1cccc(CN2CCC[C@H](C(F)(F)F)[C@@H]2C(F)(F)F)c1. The van der Waals surface area contributed by atoms with Gasteiger partial charge in [0.2, 0.25) is 0 Å². The van der Waals surface area contributed by atoms with Crippen molar-refractivity contribution in [1.29, 1.82) is 0 Å². The Morgan fingerprint density at radius 3 is 2.38 bits per heavy atom. The second-order valence-electron chi connectivity index (χ2n) is 5.75. The average molecular weight is 355 g/mol. The number of piperidine rings is 1. The molecule has 1 N–H and O–H groups in total. The maximum atomic E-state index is 13.2. The number of carboxylic acid groups (broad SMARTS) is 1. The summed E-state index contributed by atoms with van der Waals surface area (Å²) in [6.45, 7) is -0.522. The van der Waals surface area contributed by atoms with Gasteiger partial charge in [-0.05, 0) is 37.1 Å². The average Bonchev–Trinajstić information content (AvgIpc) is 2.45. The molecule has 0 spiro atoms. The summed E-state index contributed by atoms with van der Waals surface area (Å²) < 4.78 is 78.7. The number of rotatable bonds is 3. The molecule has 0 aromatic heterocycles. The van der Waals surface area contributed by atoms with Gasteiger partial charge in [-0.1, -0.05) is 12.1 Å². The van der Waals surface area contributed by atoms with E-state index in [1.807, 2.05) is 0 Å². The van der Waals surface area contributed by atoms with Crippen LogP contribution in [0.1, 0.15) is 28.8 Å². The number of likely N-dealkylation sites (tertiary alicyclic amines) is 1. The van der Waals surface area contributed by atoms with Crippen LogP contribution in [-0.2, 0) is 6.54 Å². The summed E-state index contributed by atoms with van der Waals surface area (Å²) in [5, 5.41) is 8.90. The van der Waals surface area contributed by atoms with Gasteiger partial charge in [0.15, 0.2) is 0 Å². The van der Waals surface area contributed by atoms with Gasteiger partial charge in [-0.2, -0.15) is 26.3 Å². The highest BCUT2D eigenvalue weighted by Gasteiger charge is 2.58. The van der Waals surface area contributed by atoms with E-state index in [1.54, 1.807) is 0 Å². The van der Waals surface area contributed by atoms with Crippen LogP contribution in [0.5, 0.6) is 0 Å². The monoisotopic (exact) mass is 355 g/mol. The summed E-state index contributed by atoms with van der Waals surface area (Å²) in [5.41, 5.74) is 0.104. The summed E-state index contributed by atoms with van der Waals surface area (Å²) in [7, 11) is 0. The first-order chi connectivity index (χ1) is 11.0. The molecule has 0 unspecified atom stereocenters. The number of aromatic carboxylic acids is 1. The van der Waals surface area contributed by atoms with Crippen molar-refractivity contribution < 1.29 is 36.2 Å². The van der Waals surface area contributed by atoms with Crippen LogP contribution in [-0.4, -0.2) is 40.9 Å². The lowest BCUT2D eigenvalue weighted by molar-refractivity contribution is -0.268. The number of hydrogen-bond acceptors (Lipinski definition) is 2. The lowest BCUT2D eigenvalue weighted by Crippen LogP contribution is -2.57. The Labute approximate surface area is 133 Å². The van der Waals surface area contributed by atoms with Crippen molar-refractivity contribution in [1.82, 2.24) is 4.90 Å². The fraction of sp³-hybridized carbons (Fsp3) is 0.533. The smallest absolute Gasteiger partial charge is 0.404 e. The molecule has 0 radical (unpaired) electrons. The van der Waals surface area contributed by atoms with E-state index in [-0.39, 0.29) is 24.1 Å². The van der Waals surface area contributed by atoms with Crippen LogP contribution < -0.4 is 0 Å². The van der Waals surface area contributed by atoms with Gasteiger partial charge in [-0.3, -0.25) is 4.90 Å². The number of halogens is 6. The molecule has 2 rings (SSSR count). The third-order valence-corrected chi connectivity index (χ3v) is 4.05. The normalized spacial score (nSPS) is 23.2. The van der Waals surface area contributed by atoms with Gasteiger partial charge in [0, 0.05) is 6.54 Å². The van der Waals surface area contributed by atoms with Crippen LogP contribution >= 0.6 is 0 Å². The highest BCUT2D eigenvalue weighted by Crippen LogP contribution is 2.44. The third kappa shape index (κ3) is 4.19. The van der Waals surface area contributed by atoms with E-state index in [0.717, 1.165) is 4.90 Å². The Hall–Kier alpha value is -1.77. The molecule has 0 amide bonds. The third-order valence-electron chi connectivity index (χ3n) is 4.05. The largest absolute Gasteiger partial charge is 0.478 e. The van der Waals surface area contributed by atoms with Crippen molar-refractivity contribution in [3.8, 4) is 0 Å². The van der Waals surface area contributed by atoms with Crippen molar-refractivity contribution in [3.63, 3.8) is 0 Å². The van der Waals surface area contributed by atoms with Crippen molar-refractivity contribution in [3.05, 3.63) is 35.4 Å². The lowest BCUT2D eigenvalue weighted by Gasteiger charge is -2.42. The van der Waals surface area contributed by atoms with E-state index >= 15 is 0 Å². The van der Waals surface area contributed by atoms with Crippen LogP contribution in [0.4, 0.5) is 26.3 Å². The number of carboxylic acids is 1. The van der Waals surface area contributed by atoms with Gasteiger partial charge < -0.3 is 5.11 Å². The zero-order valence-corrected chi connectivity index (χ0v) is 12.4. The zero-order chi connectivity index (χ0) is 18.1. The molecule has 1 aromatic rings. The van der Waals surface area contributed by atoms with Gasteiger partial charge in [-0.25, -0.2) is 4.79 Å². The molecule has 1 saturated heterocycles. The number of carbonyl (C=O) groups is 1.